The molecule has 0 aromatic rings. The SMILES string of the molecule is CCCNCCCS(=O)(=O)NC1CC(OC)C1. The lowest BCUT2D eigenvalue weighted by atomic mass is 9.90. The van der Waals surface area contributed by atoms with Gasteiger partial charge in [-0.1, -0.05) is 6.92 Å². The third kappa shape index (κ3) is 5.81. The van der Waals surface area contributed by atoms with E-state index in [1.54, 1.807) is 7.11 Å². The molecule has 0 aliphatic heterocycles. The highest BCUT2D eigenvalue weighted by atomic mass is 32.2. The van der Waals surface area contributed by atoms with Gasteiger partial charge in [-0.25, -0.2) is 13.1 Å². The molecule has 0 heterocycles. The van der Waals surface area contributed by atoms with Crippen molar-refractivity contribution in [3.8, 4) is 0 Å². The Hall–Kier alpha value is -0.170. The first kappa shape index (κ1) is 14.9. The number of methoxy groups -OCH3 is 1. The highest BCUT2D eigenvalue weighted by molar-refractivity contribution is 7.89. The first-order valence-corrected chi connectivity index (χ1v) is 7.96. The number of nitrogens with one attached hydrogen (secondary N) is 2. The molecule has 1 aliphatic rings. The van der Waals surface area contributed by atoms with Crippen LogP contribution >= 0.6 is 0 Å². The van der Waals surface area contributed by atoms with Gasteiger partial charge in [0.1, 0.15) is 0 Å². The molecule has 1 aliphatic carbocycles. The highest BCUT2D eigenvalue weighted by Gasteiger charge is 2.31. The van der Waals surface area contributed by atoms with E-state index in [9.17, 15) is 8.42 Å². The van der Waals surface area contributed by atoms with Gasteiger partial charge in [-0.3, -0.25) is 0 Å². The van der Waals surface area contributed by atoms with Crippen molar-refractivity contribution in [1.29, 1.82) is 0 Å². The molecule has 6 heteroatoms. The summed E-state index contributed by atoms with van der Waals surface area (Å²) in [6.07, 6.45) is 3.56. The Labute approximate surface area is 104 Å². The van der Waals surface area contributed by atoms with Gasteiger partial charge in [0, 0.05) is 13.2 Å². The molecule has 0 radical (unpaired) electrons. The van der Waals surface area contributed by atoms with Crippen molar-refractivity contribution in [3.63, 3.8) is 0 Å². The minimum Gasteiger partial charge on any atom is -0.381 e. The number of sulfonamides is 1. The van der Waals surface area contributed by atoms with Gasteiger partial charge in [0.15, 0.2) is 0 Å². The molecule has 0 aromatic heterocycles. The van der Waals surface area contributed by atoms with Crippen molar-refractivity contribution in [2.75, 3.05) is 26.0 Å². The van der Waals surface area contributed by atoms with Crippen LogP contribution in [0.5, 0.6) is 0 Å². The molecule has 0 atom stereocenters. The molecular weight excluding hydrogens is 240 g/mol. The second-order valence-corrected chi connectivity index (χ2v) is 6.44. The van der Waals surface area contributed by atoms with Crippen molar-refractivity contribution >= 4 is 10.0 Å². The van der Waals surface area contributed by atoms with Crippen LogP contribution in [0.15, 0.2) is 0 Å². The van der Waals surface area contributed by atoms with Gasteiger partial charge in [0.25, 0.3) is 0 Å². The zero-order valence-electron chi connectivity index (χ0n) is 10.7. The van der Waals surface area contributed by atoms with E-state index >= 15 is 0 Å². The minimum atomic E-state index is -3.11. The molecule has 1 saturated carbocycles. The van der Waals surface area contributed by atoms with Crippen LogP contribution in [-0.4, -0.2) is 46.5 Å². The Balaban J connectivity index is 2.10. The predicted molar refractivity (Wildman–Crippen MR) is 68.5 cm³/mol. The Morgan fingerprint density at radius 2 is 2.00 bits per heavy atom. The van der Waals surface area contributed by atoms with Crippen LogP contribution in [0.25, 0.3) is 0 Å². The highest BCUT2D eigenvalue weighted by Crippen LogP contribution is 2.23. The van der Waals surface area contributed by atoms with Crippen LogP contribution in [0.3, 0.4) is 0 Å². The summed E-state index contributed by atoms with van der Waals surface area (Å²) in [5.41, 5.74) is 0. The van der Waals surface area contributed by atoms with Crippen molar-refractivity contribution in [3.05, 3.63) is 0 Å². The van der Waals surface area contributed by atoms with Gasteiger partial charge in [-0.05, 0) is 38.8 Å². The summed E-state index contributed by atoms with van der Waals surface area (Å²) in [5, 5.41) is 3.19. The Morgan fingerprint density at radius 3 is 2.59 bits per heavy atom. The zero-order chi connectivity index (χ0) is 12.7. The number of hydrogen-bond acceptors (Lipinski definition) is 4. The molecule has 0 amide bonds. The largest absolute Gasteiger partial charge is 0.381 e. The summed E-state index contributed by atoms with van der Waals surface area (Å²) in [6, 6.07) is 0.0774. The molecule has 17 heavy (non-hydrogen) atoms. The molecule has 0 saturated heterocycles. The predicted octanol–water partition coefficient (Wildman–Crippen LogP) is 0.473. The molecule has 1 fully saturated rings. The van der Waals surface area contributed by atoms with Crippen molar-refractivity contribution < 1.29 is 13.2 Å². The van der Waals surface area contributed by atoms with Crippen LogP contribution < -0.4 is 10.0 Å². The molecule has 0 aromatic carbocycles. The molecule has 0 bridgehead atoms. The molecule has 2 N–H and O–H groups in total. The first-order chi connectivity index (χ1) is 8.07. The van der Waals surface area contributed by atoms with Crippen LogP contribution in [0.2, 0.25) is 0 Å². The number of ether oxygens (including phenoxy) is 1. The molecule has 5 nitrogen and oxygen atoms in total. The topological polar surface area (TPSA) is 67.4 Å². The van der Waals surface area contributed by atoms with E-state index in [0.29, 0.717) is 6.42 Å². The van der Waals surface area contributed by atoms with Crippen molar-refractivity contribution in [2.45, 2.75) is 44.8 Å². The first-order valence-electron chi connectivity index (χ1n) is 6.31. The quantitative estimate of drug-likeness (QED) is 0.594. The van der Waals surface area contributed by atoms with E-state index in [0.717, 1.165) is 32.4 Å². The lowest BCUT2D eigenvalue weighted by Crippen LogP contribution is -2.48. The molecule has 0 spiro atoms. The third-order valence-electron chi connectivity index (χ3n) is 2.97. The smallest absolute Gasteiger partial charge is 0.211 e. The van der Waals surface area contributed by atoms with Crippen LogP contribution in [-0.2, 0) is 14.8 Å². The average Bonchev–Trinajstić information content (AvgIpc) is 2.22. The fraction of sp³-hybridized carbons (Fsp3) is 1.00. The Kier molecular flexibility index (Phi) is 6.40. The molecule has 1 rings (SSSR count). The van der Waals surface area contributed by atoms with E-state index in [4.69, 9.17) is 4.74 Å². The second-order valence-electron chi connectivity index (χ2n) is 4.57. The summed E-state index contributed by atoms with van der Waals surface area (Å²) >= 11 is 0. The summed E-state index contributed by atoms with van der Waals surface area (Å²) in [6.45, 7) is 3.81. The maximum absolute atomic E-state index is 11.7. The molecular formula is C11H24N2O3S. The third-order valence-corrected chi connectivity index (χ3v) is 4.49. The summed E-state index contributed by atoms with van der Waals surface area (Å²) in [4.78, 5) is 0. The zero-order valence-corrected chi connectivity index (χ0v) is 11.6. The van der Waals surface area contributed by atoms with Crippen LogP contribution in [0.1, 0.15) is 32.6 Å². The van der Waals surface area contributed by atoms with Gasteiger partial charge < -0.3 is 10.1 Å². The minimum absolute atomic E-state index is 0.0774. The summed E-state index contributed by atoms with van der Waals surface area (Å²) in [7, 11) is -1.44. The maximum Gasteiger partial charge on any atom is 0.211 e. The fourth-order valence-corrected chi connectivity index (χ4v) is 3.20. The second kappa shape index (κ2) is 7.31. The summed E-state index contributed by atoms with van der Waals surface area (Å²) in [5.74, 6) is 0.206. The molecule has 102 valence electrons. The van der Waals surface area contributed by atoms with E-state index in [-0.39, 0.29) is 17.9 Å². The van der Waals surface area contributed by atoms with Gasteiger partial charge >= 0.3 is 0 Å². The summed E-state index contributed by atoms with van der Waals surface area (Å²) < 4.78 is 31.2. The standard InChI is InChI=1S/C11H24N2O3S/c1-3-5-12-6-4-7-17(14,15)13-10-8-11(9-10)16-2/h10-13H,3-9H2,1-2H3. The fourth-order valence-electron chi connectivity index (χ4n) is 1.86. The van der Waals surface area contributed by atoms with Gasteiger partial charge in [-0.2, -0.15) is 0 Å². The van der Waals surface area contributed by atoms with Gasteiger partial charge in [-0.15, -0.1) is 0 Å². The lowest BCUT2D eigenvalue weighted by molar-refractivity contribution is 0.0236. The Bertz CT molecular complexity index is 300. The van der Waals surface area contributed by atoms with E-state index in [1.165, 1.54) is 0 Å². The average molecular weight is 264 g/mol. The van der Waals surface area contributed by atoms with Crippen LogP contribution in [0.4, 0.5) is 0 Å². The van der Waals surface area contributed by atoms with E-state index in [1.807, 2.05) is 0 Å². The van der Waals surface area contributed by atoms with E-state index < -0.39 is 10.0 Å². The van der Waals surface area contributed by atoms with Crippen molar-refractivity contribution in [1.82, 2.24) is 10.0 Å². The normalized spacial score (nSPS) is 24.6. The van der Waals surface area contributed by atoms with E-state index in [2.05, 4.69) is 17.0 Å². The molecule has 0 unspecified atom stereocenters. The maximum atomic E-state index is 11.7. The number of rotatable bonds is 9. The van der Waals surface area contributed by atoms with Crippen LogP contribution in [0, 0.1) is 0 Å². The lowest BCUT2D eigenvalue weighted by Gasteiger charge is -2.34. The van der Waals surface area contributed by atoms with Gasteiger partial charge in [0.05, 0.1) is 11.9 Å². The van der Waals surface area contributed by atoms with Gasteiger partial charge in [0.2, 0.25) is 10.0 Å². The van der Waals surface area contributed by atoms with Crippen molar-refractivity contribution in [2.24, 2.45) is 0 Å². The Morgan fingerprint density at radius 1 is 1.29 bits per heavy atom. The monoisotopic (exact) mass is 264 g/mol. The number of hydrogen-bond donors (Lipinski definition) is 2.